The van der Waals surface area contributed by atoms with Gasteiger partial charge in [-0.2, -0.15) is 5.26 Å². The predicted octanol–water partition coefficient (Wildman–Crippen LogP) is 4.82. The van der Waals surface area contributed by atoms with Gasteiger partial charge >= 0.3 is 0 Å². The van der Waals surface area contributed by atoms with E-state index < -0.39 is 0 Å². The van der Waals surface area contributed by atoms with Crippen LogP contribution in [0.2, 0.25) is 0 Å². The molecular formula is C40H60N6O3. The van der Waals surface area contributed by atoms with Crippen LogP contribution in [0, 0.1) is 28.6 Å². The largest absolute Gasteiger partial charge is 0.381 e. The van der Waals surface area contributed by atoms with Crippen LogP contribution in [-0.4, -0.2) is 104 Å². The van der Waals surface area contributed by atoms with Crippen LogP contribution in [0.5, 0.6) is 0 Å². The van der Waals surface area contributed by atoms with Crippen molar-refractivity contribution < 1.29 is 14.3 Å². The second kappa shape index (κ2) is 15.1. The molecule has 2 saturated carbocycles. The summed E-state index contributed by atoms with van der Waals surface area (Å²) in [5, 5.41) is 18.3. The summed E-state index contributed by atoms with van der Waals surface area (Å²) in [5.41, 5.74) is 2.70. The van der Waals surface area contributed by atoms with E-state index in [0.29, 0.717) is 44.0 Å². The molecule has 7 rings (SSSR count). The second-order valence-electron chi connectivity index (χ2n) is 16.2. The van der Waals surface area contributed by atoms with Gasteiger partial charge in [0.05, 0.1) is 36.9 Å². The number of benzene rings is 1. The van der Waals surface area contributed by atoms with Gasteiger partial charge in [0.2, 0.25) is 5.91 Å². The highest BCUT2D eigenvalue weighted by Crippen LogP contribution is 2.55. The van der Waals surface area contributed by atoms with Gasteiger partial charge in [0.1, 0.15) is 0 Å². The van der Waals surface area contributed by atoms with Crippen molar-refractivity contribution in [1.29, 1.82) is 5.26 Å². The highest BCUT2D eigenvalue weighted by molar-refractivity contribution is 5.87. The van der Waals surface area contributed by atoms with Crippen molar-refractivity contribution in [3.05, 3.63) is 48.0 Å². The van der Waals surface area contributed by atoms with Crippen molar-refractivity contribution in [2.75, 3.05) is 46.9 Å². The third-order valence-corrected chi connectivity index (χ3v) is 13.8. The van der Waals surface area contributed by atoms with Crippen LogP contribution >= 0.6 is 0 Å². The van der Waals surface area contributed by atoms with Gasteiger partial charge in [-0.3, -0.25) is 20.3 Å². The van der Waals surface area contributed by atoms with Crippen LogP contribution in [0.25, 0.3) is 0 Å². The van der Waals surface area contributed by atoms with Gasteiger partial charge in [0.25, 0.3) is 0 Å². The molecule has 3 saturated heterocycles. The van der Waals surface area contributed by atoms with Gasteiger partial charge < -0.3 is 19.3 Å². The molecule has 268 valence electrons. The van der Waals surface area contributed by atoms with Crippen molar-refractivity contribution in [1.82, 2.24) is 25.3 Å². The van der Waals surface area contributed by atoms with E-state index >= 15 is 0 Å². The molecule has 49 heavy (non-hydrogen) atoms. The van der Waals surface area contributed by atoms with Crippen molar-refractivity contribution in [3.63, 3.8) is 0 Å². The predicted molar refractivity (Wildman–Crippen MR) is 191 cm³/mol. The summed E-state index contributed by atoms with van der Waals surface area (Å²) in [6.45, 7) is 7.72. The third kappa shape index (κ3) is 6.74. The lowest BCUT2D eigenvalue weighted by molar-refractivity contribution is -0.193. The Hall–Kier alpha value is -2.32. The fourth-order valence-electron chi connectivity index (χ4n) is 11.3. The highest BCUT2D eigenvalue weighted by atomic mass is 16.5. The first-order valence-corrected chi connectivity index (χ1v) is 19.4. The maximum absolute atomic E-state index is 13.0. The molecule has 3 heterocycles. The molecule has 0 radical (unpaired) electrons. The van der Waals surface area contributed by atoms with Crippen LogP contribution in [0.4, 0.5) is 0 Å². The van der Waals surface area contributed by atoms with Crippen molar-refractivity contribution in [2.45, 2.75) is 126 Å². The van der Waals surface area contributed by atoms with Crippen LogP contribution < -0.4 is 10.6 Å². The summed E-state index contributed by atoms with van der Waals surface area (Å²) >= 11 is 0. The fraction of sp³-hybridized carbons (Fsp3) is 0.750. The quantitative estimate of drug-likeness (QED) is 0.300. The summed E-state index contributed by atoms with van der Waals surface area (Å²) in [7, 11) is 4.14. The van der Waals surface area contributed by atoms with Crippen LogP contribution in [0.3, 0.4) is 0 Å². The number of nitriles is 1. The smallest absolute Gasteiger partial charge is 0.246 e. The normalized spacial score (nSPS) is 37.6. The van der Waals surface area contributed by atoms with E-state index in [1.54, 1.807) is 0 Å². The molecule has 3 aliphatic carbocycles. The minimum Gasteiger partial charge on any atom is -0.381 e. The number of carbonyl (C=O) groups excluding carboxylic acids is 1. The zero-order valence-corrected chi connectivity index (χ0v) is 30.1. The third-order valence-electron chi connectivity index (χ3n) is 13.8. The standard InChI is InChI=1S/C40H60N6O3/c1-4-37(47)46-23-22-45(27-32(46)18-20-41)40(31-14-7-5-6-8-15-31)34-17-19-39(25-30-13-10-9-12-29(30)24-36(39)48-3)26-35(34)42-38(43-40)49-28-33-16-11-21-44(33)2/h4,9-10,12-13,31-36,38,42-43H,1,5-8,11,14-19,21-28H2,2-3H3. The first kappa shape index (κ1) is 35.1. The minimum atomic E-state index is -0.291. The number of methoxy groups -OCH3 is 1. The molecule has 3 aliphatic heterocycles. The number of fused-ring (bicyclic) bond motifs is 2. The van der Waals surface area contributed by atoms with E-state index in [1.165, 1.54) is 68.6 Å². The highest BCUT2D eigenvalue weighted by Gasteiger charge is 2.61. The molecule has 9 nitrogen and oxygen atoms in total. The molecule has 8 atom stereocenters. The van der Waals surface area contributed by atoms with E-state index in [4.69, 9.17) is 9.47 Å². The molecule has 1 amide bonds. The Morgan fingerprint density at radius 1 is 1.06 bits per heavy atom. The van der Waals surface area contributed by atoms with Gasteiger partial charge in [-0.25, -0.2) is 0 Å². The monoisotopic (exact) mass is 672 g/mol. The van der Waals surface area contributed by atoms with Gasteiger partial charge in [-0.05, 0) is 94.5 Å². The summed E-state index contributed by atoms with van der Waals surface area (Å²) in [4.78, 5) is 20.1. The van der Waals surface area contributed by atoms with Crippen molar-refractivity contribution in [3.8, 4) is 6.07 Å². The number of hydrogen-bond donors (Lipinski definition) is 2. The molecule has 1 aromatic carbocycles. The lowest BCUT2D eigenvalue weighted by atomic mass is 9.55. The van der Waals surface area contributed by atoms with E-state index in [0.717, 1.165) is 45.2 Å². The van der Waals surface area contributed by atoms with Crippen molar-refractivity contribution in [2.24, 2.45) is 17.3 Å². The fourth-order valence-corrected chi connectivity index (χ4v) is 11.3. The van der Waals surface area contributed by atoms with Gasteiger partial charge in [-0.1, -0.05) is 56.5 Å². The zero-order chi connectivity index (χ0) is 34.0. The number of ether oxygens (including phenoxy) is 2. The molecular weight excluding hydrogens is 612 g/mol. The topological polar surface area (TPSA) is 93.1 Å². The number of nitrogens with one attached hydrogen (secondary N) is 2. The Balaban J connectivity index is 1.26. The number of nitrogens with zero attached hydrogens (tertiary/aromatic N) is 4. The lowest BCUT2D eigenvalue weighted by Gasteiger charge is -2.65. The zero-order valence-electron chi connectivity index (χ0n) is 30.1. The van der Waals surface area contributed by atoms with Crippen LogP contribution in [0.1, 0.15) is 88.2 Å². The number of likely N-dealkylation sites (tertiary alicyclic amines) is 1. The summed E-state index contributed by atoms with van der Waals surface area (Å²) in [5.74, 6) is 0.771. The molecule has 0 aromatic heterocycles. The SMILES string of the molecule is C=CC(=O)N1CCN(C2(C3CCCCCC3)NC(OCC3CCCN3C)NC3CC4(CCC32)Cc2ccccc2CC4OC)CC1CC#N. The van der Waals surface area contributed by atoms with Crippen molar-refractivity contribution >= 4 is 5.91 Å². The average molecular weight is 673 g/mol. The maximum atomic E-state index is 13.0. The summed E-state index contributed by atoms with van der Waals surface area (Å²) in [6.07, 6.45) is 16.9. The molecule has 5 fully saturated rings. The second-order valence-corrected chi connectivity index (χ2v) is 16.2. The maximum Gasteiger partial charge on any atom is 0.246 e. The minimum absolute atomic E-state index is 0.0655. The lowest BCUT2D eigenvalue weighted by Crippen LogP contribution is -2.81. The van der Waals surface area contributed by atoms with Gasteiger partial charge in [-0.15, -0.1) is 0 Å². The Morgan fingerprint density at radius 2 is 1.86 bits per heavy atom. The molecule has 9 heteroatoms. The number of likely N-dealkylation sites (N-methyl/N-ethyl adjacent to an activating group) is 1. The number of hydrogen-bond acceptors (Lipinski definition) is 8. The van der Waals surface area contributed by atoms with E-state index in [1.807, 2.05) is 12.0 Å². The van der Waals surface area contributed by atoms with E-state index in [9.17, 15) is 10.1 Å². The molecule has 2 N–H and O–H groups in total. The Labute approximate surface area is 294 Å². The van der Waals surface area contributed by atoms with Crippen LogP contribution in [-0.2, 0) is 27.1 Å². The van der Waals surface area contributed by atoms with E-state index in [-0.39, 0.29) is 41.5 Å². The number of rotatable bonds is 8. The molecule has 1 spiro atoms. The Morgan fingerprint density at radius 3 is 2.57 bits per heavy atom. The number of piperazine rings is 1. The first-order valence-electron chi connectivity index (χ1n) is 19.4. The molecule has 1 aromatic rings. The number of amides is 1. The molecule has 0 bridgehead atoms. The number of carbonyl (C=O) groups is 1. The summed E-state index contributed by atoms with van der Waals surface area (Å²) in [6, 6.07) is 12.0. The molecule has 6 aliphatic rings. The van der Waals surface area contributed by atoms with Crippen LogP contribution in [0.15, 0.2) is 36.9 Å². The van der Waals surface area contributed by atoms with E-state index in [2.05, 4.69) is 64.4 Å². The average Bonchev–Trinajstić information content (AvgIpc) is 3.34. The Bertz CT molecular complexity index is 1360. The first-order chi connectivity index (χ1) is 23.9. The Kier molecular flexibility index (Phi) is 10.8. The molecule has 8 unspecified atom stereocenters. The van der Waals surface area contributed by atoms with Gasteiger partial charge in [0.15, 0.2) is 6.35 Å². The summed E-state index contributed by atoms with van der Waals surface area (Å²) < 4.78 is 13.3. The van der Waals surface area contributed by atoms with Gasteiger partial charge in [0, 0.05) is 50.2 Å².